The second-order valence-corrected chi connectivity index (χ2v) is 11.6. The molecule has 200 valence electrons. The van der Waals surface area contributed by atoms with Crippen LogP contribution >= 0.6 is 0 Å². The number of sulfonamides is 1. The minimum atomic E-state index is -3.75. The Bertz CT molecular complexity index is 1090. The van der Waals surface area contributed by atoms with E-state index in [1.807, 2.05) is 23.8 Å². The number of ether oxygens (including phenoxy) is 1. The van der Waals surface area contributed by atoms with Gasteiger partial charge in [-0.2, -0.15) is 4.31 Å². The summed E-state index contributed by atoms with van der Waals surface area (Å²) in [6.45, 7) is 8.37. The van der Waals surface area contributed by atoms with Gasteiger partial charge in [0.2, 0.25) is 10.0 Å². The van der Waals surface area contributed by atoms with Gasteiger partial charge in [-0.3, -0.25) is 14.6 Å². The molecule has 0 radical (unpaired) electrons. The lowest BCUT2D eigenvalue weighted by Gasteiger charge is -2.35. The molecule has 1 amide bonds. The topological polar surface area (TPSA) is 85.4 Å². The molecule has 0 saturated carbocycles. The van der Waals surface area contributed by atoms with E-state index < -0.39 is 22.7 Å². The van der Waals surface area contributed by atoms with Crippen molar-refractivity contribution in [2.75, 3.05) is 72.8 Å². The fourth-order valence-electron chi connectivity index (χ4n) is 5.26. The SMILES string of the molecule is CCCOc1ccc(S(=O)(=O)N2CCN(CCF)CC2)cc1C1NC(=O)C2=C1CN(CCC)CN2C. The fraction of sp³-hybridized carbons (Fsp3) is 0.640. The maximum Gasteiger partial charge on any atom is 0.268 e. The molecule has 1 N–H and O–H groups in total. The summed E-state index contributed by atoms with van der Waals surface area (Å²) in [4.78, 5) is 19.3. The molecule has 0 spiro atoms. The number of amides is 1. The van der Waals surface area contributed by atoms with E-state index in [1.54, 1.807) is 18.2 Å². The number of carbonyl (C=O) groups is 1. The maximum atomic E-state index is 13.6. The first kappa shape index (κ1) is 26.8. The van der Waals surface area contributed by atoms with Crippen LogP contribution in [0.2, 0.25) is 0 Å². The van der Waals surface area contributed by atoms with Gasteiger partial charge >= 0.3 is 0 Å². The number of nitrogens with one attached hydrogen (secondary N) is 1. The molecule has 1 aromatic rings. The Morgan fingerprint density at radius 3 is 2.50 bits per heavy atom. The zero-order chi connectivity index (χ0) is 25.9. The summed E-state index contributed by atoms with van der Waals surface area (Å²) in [5, 5.41) is 3.09. The van der Waals surface area contributed by atoms with Crippen LogP contribution in [0, 0.1) is 0 Å². The van der Waals surface area contributed by atoms with Crippen LogP contribution in [0.1, 0.15) is 38.3 Å². The molecular formula is C25H38FN5O4S. The molecule has 3 aliphatic heterocycles. The summed E-state index contributed by atoms with van der Waals surface area (Å²) in [7, 11) is -1.84. The van der Waals surface area contributed by atoms with E-state index in [0.717, 1.165) is 25.0 Å². The van der Waals surface area contributed by atoms with Gasteiger partial charge in [-0.1, -0.05) is 13.8 Å². The second kappa shape index (κ2) is 11.5. The quantitative estimate of drug-likeness (QED) is 0.501. The normalized spacial score (nSPS) is 22.2. The molecule has 3 aliphatic rings. The van der Waals surface area contributed by atoms with Crippen LogP contribution in [0.25, 0.3) is 0 Å². The molecule has 11 heteroatoms. The Morgan fingerprint density at radius 2 is 1.83 bits per heavy atom. The van der Waals surface area contributed by atoms with Gasteiger partial charge in [0.1, 0.15) is 18.1 Å². The van der Waals surface area contributed by atoms with Crippen LogP contribution in [0.15, 0.2) is 34.4 Å². The minimum Gasteiger partial charge on any atom is -0.493 e. The van der Waals surface area contributed by atoms with Crippen molar-refractivity contribution < 1.29 is 22.3 Å². The van der Waals surface area contributed by atoms with Gasteiger partial charge in [0.05, 0.1) is 24.2 Å². The maximum absolute atomic E-state index is 13.6. The molecular weight excluding hydrogens is 485 g/mol. The minimum absolute atomic E-state index is 0.146. The standard InChI is InChI=1S/C25H38FN5O4S/c1-4-9-30-17-21-23(27-25(32)24(21)28(3)18-30)20-16-19(6-7-22(20)35-15-5-2)36(33,34)31-13-11-29(10-8-26)12-14-31/h6-7,16,23H,4-5,8-15,17-18H2,1-3H3,(H,27,32). The van der Waals surface area contributed by atoms with Crippen molar-refractivity contribution in [2.24, 2.45) is 0 Å². The Labute approximate surface area is 213 Å². The van der Waals surface area contributed by atoms with Crippen molar-refractivity contribution in [3.05, 3.63) is 35.0 Å². The summed E-state index contributed by atoms with van der Waals surface area (Å²) in [5.41, 5.74) is 2.26. The van der Waals surface area contributed by atoms with Crippen LogP contribution in [-0.4, -0.2) is 106 Å². The number of nitrogens with zero attached hydrogens (tertiary/aromatic N) is 4. The zero-order valence-electron chi connectivity index (χ0n) is 21.5. The zero-order valence-corrected chi connectivity index (χ0v) is 22.3. The number of alkyl halides is 1. The summed E-state index contributed by atoms with van der Waals surface area (Å²) in [6, 6.07) is 4.49. The van der Waals surface area contributed by atoms with E-state index in [4.69, 9.17) is 4.74 Å². The van der Waals surface area contributed by atoms with Crippen molar-refractivity contribution >= 4 is 15.9 Å². The monoisotopic (exact) mass is 523 g/mol. The number of carbonyl (C=O) groups excluding carboxylic acids is 1. The van der Waals surface area contributed by atoms with Crippen LogP contribution in [0.5, 0.6) is 5.75 Å². The van der Waals surface area contributed by atoms with Gasteiger partial charge in [-0.05, 0) is 43.2 Å². The first-order chi connectivity index (χ1) is 17.3. The third-order valence-corrected chi connectivity index (χ3v) is 8.89. The lowest BCUT2D eigenvalue weighted by molar-refractivity contribution is -0.118. The van der Waals surface area contributed by atoms with E-state index in [9.17, 15) is 17.6 Å². The highest BCUT2D eigenvalue weighted by Gasteiger charge is 2.40. The average molecular weight is 524 g/mol. The molecule has 0 aliphatic carbocycles. The molecule has 1 fully saturated rings. The first-order valence-electron chi connectivity index (χ1n) is 12.8. The third kappa shape index (κ3) is 5.39. The second-order valence-electron chi connectivity index (χ2n) is 9.66. The summed E-state index contributed by atoms with van der Waals surface area (Å²) >= 11 is 0. The van der Waals surface area contributed by atoms with Crippen LogP contribution < -0.4 is 10.1 Å². The predicted molar refractivity (Wildman–Crippen MR) is 136 cm³/mol. The molecule has 1 saturated heterocycles. The molecule has 0 bridgehead atoms. The largest absolute Gasteiger partial charge is 0.493 e. The van der Waals surface area contributed by atoms with Gasteiger partial charge in [0, 0.05) is 51.9 Å². The highest BCUT2D eigenvalue weighted by atomic mass is 32.2. The van der Waals surface area contributed by atoms with E-state index >= 15 is 0 Å². The molecule has 1 aromatic carbocycles. The van der Waals surface area contributed by atoms with Crippen LogP contribution in [0.4, 0.5) is 4.39 Å². The van der Waals surface area contributed by atoms with Crippen molar-refractivity contribution in [2.45, 2.75) is 37.6 Å². The number of hydrogen-bond acceptors (Lipinski definition) is 7. The van der Waals surface area contributed by atoms with E-state index in [-0.39, 0.29) is 10.8 Å². The van der Waals surface area contributed by atoms with Gasteiger partial charge < -0.3 is 15.0 Å². The van der Waals surface area contributed by atoms with Gasteiger partial charge in [-0.15, -0.1) is 0 Å². The van der Waals surface area contributed by atoms with E-state index in [1.165, 1.54) is 4.31 Å². The lowest BCUT2D eigenvalue weighted by atomic mass is 9.97. The van der Waals surface area contributed by atoms with Crippen molar-refractivity contribution in [1.82, 2.24) is 24.3 Å². The number of rotatable bonds is 10. The molecule has 1 unspecified atom stereocenters. The molecule has 36 heavy (non-hydrogen) atoms. The molecule has 3 heterocycles. The Hall–Kier alpha value is -2.21. The van der Waals surface area contributed by atoms with Gasteiger partial charge in [0.25, 0.3) is 5.91 Å². The molecule has 0 aromatic heterocycles. The van der Waals surface area contributed by atoms with Crippen LogP contribution in [-0.2, 0) is 14.8 Å². The highest BCUT2D eigenvalue weighted by molar-refractivity contribution is 7.89. The molecule has 9 nitrogen and oxygen atoms in total. The number of hydrogen-bond donors (Lipinski definition) is 1. The number of halogens is 1. The predicted octanol–water partition coefficient (Wildman–Crippen LogP) is 1.79. The fourth-order valence-corrected chi connectivity index (χ4v) is 6.72. The number of likely N-dealkylation sites (N-methyl/N-ethyl adjacent to an activating group) is 1. The van der Waals surface area contributed by atoms with E-state index in [2.05, 4.69) is 17.1 Å². The average Bonchev–Trinajstić information content (AvgIpc) is 3.19. The van der Waals surface area contributed by atoms with E-state index in [0.29, 0.717) is 69.6 Å². The highest BCUT2D eigenvalue weighted by Crippen LogP contribution is 2.39. The smallest absolute Gasteiger partial charge is 0.268 e. The summed E-state index contributed by atoms with van der Waals surface area (Å²) in [6.07, 6.45) is 1.81. The van der Waals surface area contributed by atoms with Gasteiger partial charge in [0.15, 0.2) is 0 Å². The number of piperazine rings is 1. The Kier molecular flexibility index (Phi) is 8.54. The molecule has 4 rings (SSSR count). The van der Waals surface area contributed by atoms with Crippen LogP contribution in [0.3, 0.4) is 0 Å². The summed E-state index contributed by atoms with van der Waals surface area (Å²) in [5.74, 6) is 0.435. The lowest BCUT2D eigenvalue weighted by Crippen LogP contribution is -2.49. The van der Waals surface area contributed by atoms with Crippen molar-refractivity contribution in [3.63, 3.8) is 0 Å². The Balaban J connectivity index is 1.68. The third-order valence-electron chi connectivity index (χ3n) is 6.99. The Morgan fingerprint density at radius 1 is 1.08 bits per heavy atom. The first-order valence-corrected chi connectivity index (χ1v) is 14.3. The number of benzene rings is 1. The molecule has 1 atom stereocenters. The van der Waals surface area contributed by atoms with Gasteiger partial charge in [-0.25, -0.2) is 12.8 Å². The van der Waals surface area contributed by atoms with Crippen molar-refractivity contribution in [1.29, 1.82) is 0 Å². The van der Waals surface area contributed by atoms with Crippen molar-refractivity contribution in [3.8, 4) is 5.75 Å². The summed E-state index contributed by atoms with van der Waals surface area (Å²) < 4.78 is 47.3.